The molecule has 0 atom stereocenters. The van der Waals surface area contributed by atoms with E-state index in [-0.39, 0.29) is 5.54 Å². The number of aromatic nitrogens is 1. The fourth-order valence-electron chi connectivity index (χ4n) is 2.72. The zero-order valence-corrected chi connectivity index (χ0v) is 14.1. The largest absolute Gasteiger partial charge is 0.347 e. The van der Waals surface area contributed by atoms with Crippen LogP contribution >= 0.6 is 0 Å². The number of fused-ring (bicyclic) bond motifs is 1. The molecular weight excluding hydrogens is 256 g/mol. The third-order valence-electron chi connectivity index (χ3n) is 3.53. The van der Waals surface area contributed by atoms with Gasteiger partial charge >= 0.3 is 0 Å². The number of hydrogen-bond acceptors (Lipinski definition) is 1. The molecule has 1 aromatic carbocycles. The molecule has 1 aromatic heterocycles. The predicted molar refractivity (Wildman–Crippen MR) is 93.4 cm³/mol. The molecule has 0 amide bonds. The molecule has 114 valence electrons. The normalized spacial score (nSPS) is 13.1. The van der Waals surface area contributed by atoms with Gasteiger partial charge in [0.05, 0.1) is 5.54 Å². The van der Waals surface area contributed by atoms with E-state index in [1.54, 1.807) is 0 Å². The lowest BCUT2D eigenvalue weighted by molar-refractivity contribution is 0.581. The summed E-state index contributed by atoms with van der Waals surface area (Å²) in [6.07, 6.45) is 5.53. The van der Waals surface area contributed by atoms with Crippen LogP contribution in [0.5, 0.6) is 0 Å². The fraction of sp³-hybridized carbons (Fsp3) is 0.526. The minimum atomic E-state index is -0.0202. The van der Waals surface area contributed by atoms with E-state index >= 15 is 0 Å². The molecule has 1 heterocycles. The summed E-state index contributed by atoms with van der Waals surface area (Å²) in [4.78, 5) is 4.93. The Hall–Kier alpha value is -1.57. The van der Waals surface area contributed by atoms with Crippen molar-refractivity contribution in [1.29, 1.82) is 0 Å². The second-order valence-electron chi connectivity index (χ2n) is 6.76. The topological polar surface area (TPSA) is 17.3 Å². The van der Waals surface area contributed by atoms with Crippen molar-refractivity contribution >= 4 is 16.6 Å². The highest BCUT2D eigenvalue weighted by Gasteiger charge is 2.12. The fourth-order valence-corrected chi connectivity index (χ4v) is 2.72. The number of aliphatic imine (C=N–C) groups is 1. The molecule has 2 nitrogen and oxygen atoms in total. The van der Waals surface area contributed by atoms with Crippen LogP contribution in [0.15, 0.2) is 35.5 Å². The van der Waals surface area contributed by atoms with Gasteiger partial charge in [-0.2, -0.15) is 0 Å². The van der Waals surface area contributed by atoms with Crippen molar-refractivity contribution in [2.75, 3.05) is 0 Å². The molecule has 2 heteroatoms. The van der Waals surface area contributed by atoms with Crippen LogP contribution in [0.4, 0.5) is 0 Å². The van der Waals surface area contributed by atoms with Crippen LogP contribution in [0, 0.1) is 0 Å². The standard InChI is InChI=1S/C19H28N2/c1-6-8-17(20-19(3,4)5)15-9-10-18-16(14-15)11-13-21(18)12-7-2/h9-11,13-14H,6-8,12H2,1-5H3/b20-17-. The Labute approximate surface area is 128 Å². The zero-order chi connectivity index (χ0) is 15.5. The second kappa shape index (κ2) is 6.46. The van der Waals surface area contributed by atoms with Crippen LogP contribution in [0.1, 0.15) is 59.4 Å². The van der Waals surface area contributed by atoms with E-state index in [0.717, 1.165) is 25.8 Å². The molecule has 0 spiro atoms. The van der Waals surface area contributed by atoms with E-state index in [1.165, 1.54) is 22.2 Å². The molecule has 2 aromatic rings. The summed E-state index contributed by atoms with van der Waals surface area (Å²) in [6.45, 7) is 12.0. The first kappa shape index (κ1) is 15.8. The molecule has 0 saturated carbocycles. The molecular formula is C19H28N2. The summed E-state index contributed by atoms with van der Waals surface area (Å²) in [5.41, 5.74) is 3.81. The van der Waals surface area contributed by atoms with E-state index in [4.69, 9.17) is 4.99 Å². The molecule has 0 N–H and O–H groups in total. The molecule has 21 heavy (non-hydrogen) atoms. The molecule has 0 aliphatic rings. The predicted octanol–water partition coefficient (Wildman–Crippen LogP) is 5.44. The molecule has 2 rings (SSSR count). The van der Waals surface area contributed by atoms with Gasteiger partial charge in [-0.1, -0.05) is 26.3 Å². The summed E-state index contributed by atoms with van der Waals surface area (Å²) in [7, 11) is 0. The number of hydrogen-bond donors (Lipinski definition) is 0. The van der Waals surface area contributed by atoms with Crippen molar-refractivity contribution in [3.63, 3.8) is 0 Å². The molecule has 0 saturated heterocycles. The Morgan fingerprint density at radius 3 is 2.48 bits per heavy atom. The Morgan fingerprint density at radius 2 is 1.86 bits per heavy atom. The van der Waals surface area contributed by atoms with Crippen molar-refractivity contribution in [2.45, 2.75) is 66.0 Å². The van der Waals surface area contributed by atoms with Crippen LogP contribution in [0.2, 0.25) is 0 Å². The smallest absolute Gasteiger partial charge is 0.0527 e. The van der Waals surface area contributed by atoms with E-state index < -0.39 is 0 Å². The Morgan fingerprint density at radius 1 is 1.10 bits per heavy atom. The van der Waals surface area contributed by atoms with Gasteiger partial charge in [-0.3, -0.25) is 4.99 Å². The highest BCUT2D eigenvalue weighted by atomic mass is 14.9. The van der Waals surface area contributed by atoms with Crippen LogP contribution in [-0.4, -0.2) is 15.8 Å². The summed E-state index contributed by atoms with van der Waals surface area (Å²) < 4.78 is 2.33. The average Bonchev–Trinajstić information content (AvgIpc) is 2.80. The number of nitrogens with zero attached hydrogens (tertiary/aromatic N) is 2. The molecule has 0 aliphatic carbocycles. The van der Waals surface area contributed by atoms with E-state index in [0.29, 0.717) is 0 Å². The van der Waals surface area contributed by atoms with Gasteiger partial charge in [-0.15, -0.1) is 0 Å². The summed E-state index contributed by atoms with van der Waals surface area (Å²) in [6, 6.07) is 8.99. The number of benzene rings is 1. The van der Waals surface area contributed by atoms with E-state index in [9.17, 15) is 0 Å². The molecule has 0 unspecified atom stereocenters. The van der Waals surface area contributed by atoms with Crippen LogP contribution in [-0.2, 0) is 6.54 Å². The maximum absolute atomic E-state index is 4.93. The Bertz CT molecular complexity index is 627. The van der Waals surface area contributed by atoms with Crippen molar-refractivity contribution in [2.24, 2.45) is 4.99 Å². The SMILES string of the molecule is CCC/C(=N/C(C)(C)C)c1ccc2c(ccn2CCC)c1. The summed E-state index contributed by atoms with van der Waals surface area (Å²) >= 11 is 0. The second-order valence-corrected chi connectivity index (χ2v) is 6.76. The van der Waals surface area contributed by atoms with Gasteiger partial charge in [0.15, 0.2) is 0 Å². The molecule has 0 aliphatic heterocycles. The van der Waals surface area contributed by atoms with Gasteiger partial charge in [-0.25, -0.2) is 0 Å². The lowest BCUT2D eigenvalue weighted by Gasteiger charge is -2.16. The Balaban J connectivity index is 2.43. The van der Waals surface area contributed by atoms with Gasteiger partial charge in [0.2, 0.25) is 0 Å². The van der Waals surface area contributed by atoms with Gasteiger partial charge in [0, 0.05) is 29.4 Å². The van der Waals surface area contributed by atoms with Crippen LogP contribution < -0.4 is 0 Å². The van der Waals surface area contributed by atoms with Crippen molar-refractivity contribution in [3.8, 4) is 0 Å². The van der Waals surface area contributed by atoms with Gasteiger partial charge in [-0.05, 0) is 57.4 Å². The Kier molecular flexibility index (Phi) is 4.87. The highest BCUT2D eigenvalue weighted by molar-refractivity contribution is 6.03. The maximum Gasteiger partial charge on any atom is 0.0527 e. The first-order valence-electron chi connectivity index (χ1n) is 8.12. The summed E-state index contributed by atoms with van der Waals surface area (Å²) in [5.74, 6) is 0. The van der Waals surface area contributed by atoms with E-state index in [2.05, 4.69) is 69.6 Å². The van der Waals surface area contributed by atoms with Gasteiger partial charge in [0.25, 0.3) is 0 Å². The number of rotatable bonds is 5. The molecule has 0 radical (unpaired) electrons. The maximum atomic E-state index is 4.93. The zero-order valence-electron chi connectivity index (χ0n) is 14.1. The highest BCUT2D eigenvalue weighted by Crippen LogP contribution is 2.21. The van der Waals surface area contributed by atoms with Gasteiger partial charge < -0.3 is 4.57 Å². The lowest BCUT2D eigenvalue weighted by Crippen LogP contribution is -2.15. The minimum absolute atomic E-state index is 0.0202. The third-order valence-corrected chi connectivity index (χ3v) is 3.53. The summed E-state index contributed by atoms with van der Waals surface area (Å²) in [5, 5.41) is 1.32. The average molecular weight is 284 g/mol. The van der Waals surface area contributed by atoms with Gasteiger partial charge in [0.1, 0.15) is 0 Å². The van der Waals surface area contributed by atoms with Crippen molar-refractivity contribution in [3.05, 3.63) is 36.0 Å². The minimum Gasteiger partial charge on any atom is -0.347 e. The first-order chi connectivity index (χ1) is 9.94. The van der Waals surface area contributed by atoms with E-state index in [1.807, 2.05) is 0 Å². The molecule has 0 bridgehead atoms. The lowest BCUT2D eigenvalue weighted by atomic mass is 10.0. The van der Waals surface area contributed by atoms with Crippen molar-refractivity contribution in [1.82, 2.24) is 4.57 Å². The third kappa shape index (κ3) is 3.96. The van der Waals surface area contributed by atoms with Crippen LogP contribution in [0.25, 0.3) is 10.9 Å². The molecule has 0 fully saturated rings. The number of aryl methyl sites for hydroxylation is 1. The quantitative estimate of drug-likeness (QED) is 0.651. The van der Waals surface area contributed by atoms with Crippen molar-refractivity contribution < 1.29 is 0 Å². The monoisotopic (exact) mass is 284 g/mol. The van der Waals surface area contributed by atoms with Crippen LogP contribution in [0.3, 0.4) is 0 Å². The first-order valence-corrected chi connectivity index (χ1v) is 8.12.